The molecular formula is C26H34FN5O3S. The lowest BCUT2D eigenvalue weighted by Crippen LogP contribution is -2.62. The van der Waals surface area contributed by atoms with E-state index < -0.39 is 17.7 Å². The number of carbonyl (C=O) groups excluding carboxylic acids is 1. The molecule has 10 heteroatoms. The molecule has 1 fully saturated rings. The average molecular weight is 516 g/mol. The summed E-state index contributed by atoms with van der Waals surface area (Å²) >= 11 is 1.85. The number of thioether (sulfide) groups is 1. The fourth-order valence-electron chi connectivity index (χ4n) is 5.17. The molecule has 2 aliphatic rings. The summed E-state index contributed by atoms with van der Waals surface area (Å²) in [6.45, 7) is 11.1. The summed E-state index contributed by atoms with van der Waals surface area (Å²) < 4.78 is 13.5. The van der Waals surface area contributed by atoms with Gasteiger partial charge < -0.3 is 14.9 Å². The number of halogens is 1. The molecule has 8 nitrogen and oxygen atoms in total. The van der Waals surface area contributed by atoms with Crippen molar-refractivity contribution < 1.29 is 19.1 Å². The van der Waals surface area contributed by atoms with E-state index in [0.29, 0.717) is 30.4 Å². The first-order valence-corrected chi connectivity index (χ1v) is 13.3. The quantitative estimate of drug-likeness (QED) is 0.633. The van der Waals surface area contributed by atoms with E-state index >= 15 is 0 Å². The van der Waals surface area contributed by atoms with Crippen molar-refractivity contribution in [2.75, 3.05) is 24.5 Å². The Bertz CT molecular complexity index is 1120. The van der Waals surface area contributed by atoms with Gasteiger partial charge >= 0.3 is 6.09 Å². The molecule has 36 heavy (non-hydrogen) atoms. The molecule has 0 spiro atoms. The van der Waals surface area contributed by atoms with Gasteiger partial charge in [-0.2, -0.15) is 0 Å². The van der Waals surface area contributed by atoms with E-state index in [9.17, 15) is 19.1 Å². The third kappa shape index (κ3) is 5.28. The van der Waals surface area contributed by atoms with E-state index in [0.717, 1.165) is 17.3 Å². The maximum atomic E-state index is 13.9. The van der Waals surface area contributed by atoms with E-state index in [1.165, 1.54) is 22.6 Å². The molecule has 0 radical (unpaired) electrons. The van der Waals surface area contributed by atoms with Crippen LogP contribution >= 0.6 is 11.8 Å². The number of nitrogens with zero attached hydrogens (tertiary/aromatic N) is 5. The molecule has 194 valence electrons. The van der Waals surface area contributed by atoms with Gasteiger partial charge in [-0.1, -0.05) is 12.1 Å². The second-order valence-electron chi connectivity index (χ2n) is 10.5. The molecule has 1 saturated heterocycles. The number of benzene rings is 1. The molecule has 2 amide bonds. The third-order valence-corrected chi connectivity index (χ3v) is 8.08. The molecule has 3 atom stereocenters. The molecule has 4 rings (SSSR count). The minimum absolute atomic E-state index is 0.00103. The van der Waals surface area contributed by atoms with Gasteiger partial charge in [0.2, 0.25) is 5.91 Å². The van der Waals surface area contributed by atoms with Crippen molar-refractivity contribution in [3.05, 3.63) is 53.2 Å². The molecular weight excluding hydrogens is 481 g/mol. The Labute approximate surface area is 215 Å². The second kappa shape index (κ2) is 10.2. The van der Waals surface area contributed by atoms with Crippen molar-refractivity contribution in [2.45, 2.75) is 69.7 Å². The Kier molecular flexibility index (Phi) is 7.45. The lowest BCUT2D eigenvalue weighted by atomic mass is 9.97. The van der Waals surface area contributed by atoms with Crippen molar-refractivity contribution in [3.63, 3.8) is 0 Å². The van der Waals surface area contributed by atoms with Crippen molar-refractivity contribution >= 4 is 29.6 Å². The average Bonchev–Trinajstić information content (AvgIpc) is 3.19. The van der Waals surface area contributed by atoms with Crippen LogP contribution in [0.3, 0.4) is 0 Å². The van der Waals surface area contributed by atoms with Crippen molar-refractivity contribution in [1.82, 2.24) is 19.8 Å². The van der Waals surface area contributed by atoms with Gasteiger partial charge in [0.05, 0.1) is 5.69 Å². The van der Waals surface area contributed by atoms with Crippen LogP contribution in [0.25, 0.3) is 0 Å². The van der Waals surface area contributed by atoms with Gasteiger partial charge in [0.15, 0.2) is 0 Å². The maximum Gasteiger partial charge on any atom is 0.408 e. The van der Waals surface area contributed by atoms with Crippen molar-refractivity contribution in [3.8, 4) is 0 Å². The number of anilines is 1. The predicted octanol–water partition coefficient (Wildman–Crippen LogP) is 4.35. The van der Waals surface area contributed by atoms with E-state index in [4.69, 9.17) is 0 Å². The van der Waals surface area contributed by atoms with Gasteiger partial charge in [-0.25, -0.2) is 19.2 Å². The highest BCUT2D eigenvalue weighted by molar-refractivity contribution is 7.99. The van der Waals surface area contributed by atoms with E-state index in [2.05, 4.69) is 28.7 Å². The number of hydrogen-bond donors (Lipinski definition) is 1. The first-order chi connectivity index (χ1) is 17.0. The van der Waals surface area contributed by atoms with Gasteiger partial charge in [-0.05, 0) is 52.3 Å². The van der Waals surface area contributed by atoms with Crippen LogP contribution in [0, 0.1) is 5.82 Å². The summed E-state index contributed by atoms with van der Waals surface area (Å²) in [5.41, 5.74) is 2.16. The number of hydrogen-bond acceptors (Lipinski definition) is 6. The van der Waals surface area contributed by atoms with E-state index in [1.54, 1.807) is 44.1 Å². The van der Waals surface area contributed by atoms with Crippen LogP contribution in [0.1, 0.15) is 56.7 Å². The van der Waals surface area contributed by atoms with Crippen LogP contribution in [-0.2, 0) is 17.0 Å². The fourth-order valence-corrected chi connectivity index (χ4v) is 6.22. The summed E-state index contributed by atoms with van der Waals surface area (Å²) in [5, 5.41) is 10.4. The SMILES string of the molecule is C[C@@H]1SCc2ncnc(N3CCN(C(=O)[C@@H](Cc4ccc(F)cc4)N(C(=O)O)C(C)(C)C)C[C@@H]3C)c21. The Morgan fingerprint density at radius 3 is 2.50 bits per heavy atom. The number of carboxylic acid groups (broad SMARTS) is 1. The van der Waals surface area contributed by atoms with Crippen molar-refractivity contribution in [1.29, 1.82) is 0 Å². The second-order valence-corrected chi connectivity index (χ2v) is 11.8. The van der Waals surface area contributed by atoms with Gasteiger partial charge in [-0.15, -0.1) is 11.8 Å². The molecule has 2 aliphatic heterocycles. The monoisotopic (exact) mass is 515 g/mol. The summed E-state index contributed by atoms with van der Waals surface area (Å²) in [7, 11) is 0. The maximum absolute atomic E-state index is 13.9. The highest BCUT2D eigenvalue weighted by Gasteiger charge is 2.41. The molecule has 0 unspecified atom stereocenters. The standard InChI is InChI=1S/C26H34FN5O3S/c1-16-13-30(10-11-31(16)23-22-17(2)36-14-20(22)28-15-29-23)24(33)21(32(25(34)35)26(3,4)5)12-18-6-8-19(27)9-7-18/h6-9,15-17,21H,10-14H2,1-5H3,(H,34,35)/t16-,17-,21+/m0/s1. The Hall–Kier alpha value is -2.88. The Morgan fingerprint density at radius 2 is 1.89 bits per heavy atom. The molecule has 0 saturated carbocycles. The zero-order chi connectivity index (χ0) is 26.2. The molecule has 0 aliphatic carbocycles. The van der Waals surface area contributed by atoms with Gasteiger partial charge in [0, 0.05) is 54.2 Å². The number of rotatable bonds is 5. The number of fused-ring (bicyclic) bond motifs is 1. The van der Waals surface area contributed by atoms with Crippen LogP contribution in [0.15, 0.2) is 30.6 Å². The first-order valence-electron chi connectivity index (χ1n) is 12.2. The highest BCUT2D eigenvalue weighted by atomic mass is 32.2. The molecule has 1 aromatic carbocycles. The predicted molar refractivity (Wildman–Crippen MR) is 139 cm³/mol. The minimum Gasteiger partial charge on any atom is -0.465 e. The molecule has 1 aromatic heterocycles. The number of amides is 2. The largest absolute Gasteiger partial charge is 0.465 e. The summed E-state index contributed by atoms with van der Waals surface area (Å²) in [4.78, 5) is 40.5. The molecule has 3 heterocycles. The van der Waals surface area contributed by atoms with Crippen LogP contribution in [0.2, 0.25) is 0 Å². The lowest BCUT2D eigenvalue weighted by Gasteiger charge is -2.45. The van der Waals surface area contributed by atoms with E-state index in [-0.39, 0.29) is 24.2 Å². The van der Waals surface area contributed by atoms with Gasteiger partial charge in [-0.3, -0.25) is 9.69 Å². The summed E-state index contributed by atoms with van der Waals surface area (Å²) in [6, 6.07) is 4.95. The zero-order valence-electron chi connectivity index (χ0n) is 21.4. The summed E-state index contributed by atoms with van der Waals surface area (Å²) in [6.07, 6.45) is 0.632. The zero-order valence-corrected chi connectivity index (χ0v) is 22.3. The van der Waals surface area contributed by atoms with Crippen LogP contribution in [0.5, 0.6) is 0 Å². The minimum atomic E-state index is -1.15. The smallest absolute Gasteiger partial charge is 0.408 e. The fraction of sp³-hybridized carbons (Fsp3) is 0.538. The first kappa shape index (κ1) is 26.2. The van der Waals surface area contributed by atoms with Gasteiger partial charge in [0.1, 0.15) is 24.0 Å². The molecule has 1 N–H and O–H groups in total. The number of piperazine rings is 1. The molecule has 2 aromatic rings. The van der Waals surface area contributed by atoms with Gasteiger partial charge in [0.25, 0.3) is 0 Å². The molecule has 0 bridgehead atoms. The highest BCUT2D eigenvalue weighted by Crippen LogP contribution is 2.44. The number of carbonyl (C=O) groups is 2. The third-order valence-electron chi connectivity index (χ3n) is 6.90. The number of aromatic nitrogens is 2. The Morgan fingerprint density at radius 1 is 1.19 bits per heavy atom. The van der Waals surface area contributed by atoms with Crippen LogP contribution in [-0.4, -0.2) is 74.1 Å². The normalized spacial score (nSPS) is 20.7. The topological polar surface area (TPSA) is 89.9 Å². The summed E-state index contributed by atoms with van der Waals surface area (Å²) in [5.74, 6) is 1.20. The van der Waals surface area contributed by atoms with Crippen LogP contribution in [0.4, 0.5) is 15.0 Å². The lowest BCUT2D eigenvalue weighted by molar-refractivity contribution is -0.139. The Balaban J connectivity index is 1.58. The van der Waals surface area contributed by atoms with Crippen LogP contribution < -0.4 is 4.90 Å². The van der Waals surface area contributed by atoms with E-state index in [1.807, 2.05) is 11.8 Å². The van der Waals surface area contributed by atoms with Crippen molar-refractivity contribution in [2.24, 2.45) is 0 Å².